The van der Waals surface area contributed by atoms with Crippen LogP contribution in [0.2, 0.25) is 0 Å². The number of anilines is 1. The molecular formula is C17H24N2O3. The zero-order valence-corrected chi connectivity index (χ0v) is 13.4. The van der Waals surface area contributed by atoms with E-state index < -0.39 is 5.97 Å². The second kappa shape index (κ2) is 6.92. The second-order valence-corrected chi connectivity index (χ2v) is 5.98. The lowest BCUT2D eigenvalue weighted by Crippen LogP contribution is -2.29. The van der Waals surface area contributed by atoms with Crippen molar-refractivity contribution in [3.05, 3.63) is 28.8 Å². The van der Waals surface area contributed by atoms with Crippen molar-refractivity contribution in [1.82, 2.24) is 0 Å². The number of nitrogens with two attached hydrogens (primary N) is 1. The maximum absolute atomic E-state index is 12.4. The third kappa shape index (κ3) is 3.30. The summed E-state index contributed by atoms with van der Waals surface area (Å²) in [7, 11) is 1.35. The van der Waals surface area contributed by atoms with Gasteiger partial charge in [0.2, 0.25) is 5.91 Å². The third-order valence-corrected chi connectivity index (χ3v) is 4.64. The normalized spacial score (nSPS) is 20.7. The van der Waals surface area contributed by atoms with E-state index >= 15 is 0 Å². The van der Waals surface area contributed by atoms with Crippen LogP contribution >= 0.6 is 0 Å². The number of benzene rings is 1. The average Bonchev–Trinajstić information content (AvgIpc) is 2.98. The molecular weight excluding hydrogens is 280 g/mol. The Morgan fingerprint density at radius 1 is 1.32 bits per heavy atom. The van der Waals surface area contributed by atoms with Crippen LogP contribution in [0.4, 0.5) is 5.69 Å². The molecule has 1 aliphatic rings. The van der Waals surface area contributed by atoms with Crippen molar-refractivity contribution in [3.8, 4) is 0 Å². The van der Waals surface area contributed by atoms with Gasteiger partial charge < -0.3 is 15.8 Å². The monoisotopic (exact) mass is 304 g/mol. The molecule has 1 amide bonds. The lowest BCUT2D eigenvalue weighted by Gasteiger charge is -2.18. The van der Waals surface area contributed by atoms with Crippen LogP contribution < -0.4 is 11.1 Å². The second-order valence-electron chi connectivity index (χ2n) is 5.98. The number of ether oxygens (including phenoxy) is 1. The summed E-state index contributed by atoms with van der Waals surface area (Å²) in [6.45, 7) is 4.32. The van der Waals surface area contributed by atoms with Gasteiger partial charge in [0.15, 0.2) is 0 Å². The lowest BCUT2D eigenvalue weighted by molar-refractivity contribution is -0.120. The zero-order chi connectivity index (χ0) is 16.3. The molecule has 3 N–H and O–H groups in total. The van der Waals surface area contributed by atoms with Crippen molar-refractivity contribution in [2.75, 3.05) is 19.0 Å². The Morgan fingerprint density at radius 2 is 2.05 bits per heavy atom. The van der Waals surface area contributed by atoms with Crippen LogP contribution in [-0.2, 0) is 9.53 Å². The van der Waals surface area contributed by atoms with E-state index in [9.17, 15) is 9.59 Å². The molecule has 0 aromatic heterocycles. The largest absolute Gasteiger partial charge is 0.465 e. The minimum atomic E-state index is -0.391. The molecule has 0 saturated heterocycles. The van der Waals surface area contributed by atoms with E-state index in [1.54, 1.807) is 6.07 Å². The Kier molecular flexibility index (Phi) is 5.19. The van der Waals surface area contributed by atoms with Gasteiger partial charge in [-0.2, -0.15) is 0 Å². The van der Waals surface area contributed by atoms with Gasteiger partial charge in [-0.15, -0.1) is 0 Å². The fraction of sp³-hybridized carbons (Fsp3) is 0.529. The molecule has 5 nitrogen and oxygen atoms in total. The summed E-state index contributed by atoms with van der Waals surface area (Å²) >= 11 is 0. The van der Waals surface area contributed by atoms with Crippen LogP contribution in [0.5, 0.6) is 0 Å². The summed E-state index contributed by atoms with van der Waals surface area (Å²) in [6, 6.07) is 3.56. The van der Waals surface area contributed by atoms with Crippen molar-refractivity contribution in [2.24, 2.45) is 17.6 Å². The first-order chi connectivity index (χ1) is 10.5. The van der Waals surface area contributed by atoms with Gasteiger partial charge in [-0.25, -0.2) is 4.79 Å². The Morgan fingerprint density at radius 3 is 2.68 bits per heavy atom. The molecule has 0 radical (unpaired) electrons. The lowest BCUT2D eigenvalue weighted by atomic mass is 9.95. The highest BCUT2D eigenvalue weighted by molar-refractivity contribution is 5.97. The predicted octanol–water partition coefficient (Wildman–Crippen LogP) is 2.40. The molecule has 0 spiro atoms. The Hall–Kier alpha value is -1.88. The van der Waals surface area contributed by atoms with Crippen LogP contribution in [0.25, 0.3) is 0 Å². The molecule has 1 aliphatic carbocycles. The topological polar surface area (TPSA) is 81.4 Å². The highest BCUT2D eigenvalue weighted by atomic mass is 16.5. The number of hydrogen-bond donors (Lipinski definition) is 2. The summed E-state index contributed by atoms with van der Waals surface area (Å²) in [6.07, 6.45) is 2.93. The molecule has 0 heterocycles. The van der Waals surface area contributed by atoms with Crippen LogP contribution in [0.3, 0.4) is 0 Å². The van der Waals surface area contributed by atoms with Gasteiger partial charge in [0.1, 0.15) is 0 Å². The third-order valence-electron chi connectivity index (χ3n) is 4.64. The van der Waals surface area contributed by atoms with Gasteiger partial charge in [0.25, 0.3) is 0 Å². The number of nitrogens with one attached hydrogen (secondary N) is 1. The zero-order valence-electron chi connectivity index (χ0n) is 13.4. The Labute approximate surface area is 131 Å². The predicted molar refractivity (Wildman–Crippen MR) is 85.8 cm³/mol. The molecule has 1 aromatic rings. The number of amides is 1. The number of methoxy groups -OCH3 is 1. The first kappa shape index (κ1) is 16.5. The van der Waals surface area contributed by atoms with Gasteiger partial charge in [-0.05, 0) is 62.4 Å². The van der Waals surface area contributed by atoms with Gasteiger partial charge in [-0.3, -0.25) is 4.79 Å². The highest BCUT2D eigenvalue weighted by Crippen LogP contribution is 2.32. The van der Waals surface area contributed by atoms with Crippen molar-refractivity contribution < 1.29 is 14.3 Å². The SMILES string of the molecule is COC(=O)c1cc(NC(=O)[C@@H]2CCC[C@@H]2CN)cc(C)c1C. The molecule has 120 valence electrons. The molecule has 2 rings (SSSR count). The fourth-order valence-electron chi connectivity index (χ4n) is 3.15. The molecule has 1 saturated carbocycles. The summed E-state index contributed by atoms with van der Waals surface area (Å²) in [5.41, 5.74) is 8.67. The molecule has 0 unspecified atom stereocenters. The molecule has 2 atom stereocenters. The quantitative estimate of drug-likeness (QED) is 0.837. The van der Waals surface area contributed by atoms with Crippen molar-refractivity contribution >= 4 is 17.6 Å². The van der Waals surface area contributed by atoms with Crippen LogP contribution in [0.15, 0.2) is 12.1 Å². The number of aryl methyl sites for hydroxylation is 1. The number of rotatable bonds is 4. The number of esters is 1. The summed E-state index contributed by atoms with van der Waals surface area (Å²) in [5.74, 6) is -0.177. The Balaban J connectivity index is 2.21. The minimum Gasteiger partial charge on any atom is -0.465 e. The van der Waals surface area contributed by atoms with Gasteiger partial charge >= 0.3 is 5.97 Å². The van der Waals surface area contributed by atoms with E-state index in [-0.39, 0.29) is 17.7 Å². The first-order valence-electron chi connectivity index (χ1n) is 7.68. The van der Waals surface area contributed by atoms with Gasteiger partial charge in [0.05, 0.1) is 12.7 Å². The highest BCUT2D eigenvalue weighted by Gasteiger charge is 2.32. The summed E-state index contributed by atoms with van der Waals surface area (Å²) < 4.78 is 4.80. The minimum absolute atomic E-state index is 0.00739. The van der Waals surface area contributed by atoms with E-state index in [1.807, 2.05) is 19.9 Å². The van der Waals surface area contributed by atoms with Crippen LogP contribution in [0.1, 0.15) is 40.7 Å². The van der Waals surface area contributed by atoms with Crippen molar-refractivity contribution in [3.63, 3.8) is 0 Å². The van der Waals surface area contributed by atoms with E-state index in [0.717, 1.165) is 30.4 Å². The van der Waals surface area contributed by atoms with Crippen molar-refractivity contribution in [2.45, 2.75) is 33.1 Å². The first-order valence-corrected chi connectivity index (χ1v) is 7.68. The van der Waals surface area contributed by atoms with E-state index in [1.165, 1.54) is 7.11 Å². The molecule has 0 bridgehead atoms. The summed E-state index contributed by atoms with van der Waals surface area (Å²) in [4.78, 5) is 24.3. The van der Waals surface area contributed by atoms with E-state index in [0.29, 0.717) is 17.8 Å². The van der Waals surface area contributed by atoms with Gasteiger partial charge in [0, 0.05) is 11.6 Å². The number of carbonyl (C=O) groups excluding carboxylic acids is 2. The molecule has 22 heavy (non-hydrogen) atoms. The standard InChI is InChI=1S/C17H24N2O3/c1-10-7-13(8-15(11(10)2)17(21)22-3)19-16(20)14-6-4-5-12(14)9-18/h7-8,12,14H,4-6,9,18H2,1-3H3,(H,19,20)/t12-,14-/m1/s1. The van der Waals surface area contributed by atoms with Gasteiger partial charge in [-0.1, -0.05) is 6.42 Å². The molecule has 1 aromatic carbocycles. The maximum Gasteiger partial charge on any atom is 0.338 e. The van der Waals surface area contributed by atoms with E-state index in [4.69, 9.17) is 10.5 Å². The fourth-order valence-corrected chi connectivity index (χ4v) is 3.15. The molecule has 0 aliphatic heterocycles. The Bertz CT molecular complexity index is 584. The maximum atomic E-state index is 12.4. The van der Waals surface area contributed by atoms with E-state index in [2.05, 4.69) is 5.32 Å². The smallest absolute Gasteiger partial charge is 0.338 e. The van der Waals surface area contributed by atoms with Crippen LogP contribution in [0, 0.1) is 25.7 Å². The number of hydrogen-bond acceptors (Lipinski definition) is 4. The van der Waals surface area contributed by atoms with Crippen molar-refractivity contribution in [1.29, 1.82) is 0 Å². The molecule has 5 heteroatoms. The summed E-state index contributed by atoms with van der Waals surface area (Å²) in [5, 5.41) is 2.93. The average molecular weight is 304 g/mol. The van der Waals surface area contributed by atoms with Crippen LogP contribution in [-0.4, -0.2) is 25.5 Å². The molecule has 1 fully saturated rings. The number of carbonyl (C=O) groups is 2.